The lowest BCUT2D eigenvalue weighted by Crippen LogP contribution is -2.23. The highest BCUT2D eigenvalue weighted by molar-refractivity contribution is 8.13. The Bertz CT molecular complexity index is 404. The summed E-state index contributed by atoms with van der Waals surface area (Å²) in [5.41, 5.74) is 12.4. The minimum absolute atomic E-state index is 0.0855. The minimum Gasteiger partial charge on any atom is -0.370 e. The average Bonchev–Trinajstić information content (AvgIpc) is 2.55. The van der Waals surface area contributed by atoms with Crippen LogP contribution in [0.15, 0.2) is 11.1 Å². The number of nitrogens with zero attached hydrogens (tertiary/aromatic N) is 3. The van der Waals surface area contributed by atoms with Crippen LogP contribution in [0.1, 0.15) is 18.3 Å². The number of nitrogens with two attached hydrogens (primary N) is 2. The van der Waals surface area contributed by atoms with Crippen molar-refractivity contribution in [3.8, 4) is 0 Å². The molecular weight excluding hydrogens is 224 g/mol. The van der Waals surface area contributed by atoms with E-state index < -0.39 is 0 Å². The fraction of sp³-hybridized carbons (Fsp3) is 0.444. The van der Waals surface area contributed by atoms with Crippen LogP contribution in [0, 0.1) is 12.3 Å². The highest BCUT2D eigenvalue weighted by Crippen LogP contribution is 2.14. The van der Waals surface area contributed by atoms with Gasteiger partial charge in [0, 0.05) is 18.0 Å². The number of amidine groups is 1. The van der Waals surface area contributed by atoms with Crippen molar-refractivity contribution in [2.45, 2.75) is 26.1 Å². The number of aliphatic imine (C=N–C) groups is 1. The predicted molar refractivity (Wildman–Crippen MR) is 67.5 cm³/mol. The van der Waals surface area contributed by atoms with Crippen LogP contribution in [0.5, 0.6) is 0 Å². The molecule has 6 nitrogen and oxygen atoms in total. The Kier molecular flexibility index (Phi) is 4.36. The molecule has 0 unspecified atom stereocenters. The quantitative estimate of drug-likeness (QED) is 0.532. The molecule has 88 valence electrons. The maximum Gasteiger partial charge on any atom is 0.193 e. The molecule has 0 fully saturated rings. The van der Waals surface area contributed by atoms with Gasteiger partial charge in [0.1, 0.15) is 0 Å². The molecule has 16 heavy (non-hydrogen) atoms. The number of aromatic nitrogens is 2. The van der Waals surface area contributed by atoms with Crippen molar-refractivity contribution in [2.75, 3.05) is 0 Å². The second-order valence-electron chi connectivity index (χ2n) is 3.22. The summed E-state index contributed by atoms with van der Waals surface area (Å²) >= 11 is 1.28. The van der Waals surface area contributed by atoms with Gasteiger partial charge in [-0.15, -0.1) is 0 Å². The third-order valence-electron chi connectivity index (χ3n) is 1.87. The highest BCUT2D eigenvalue weighted by Gasteiger charge is 2.05. The zero-order valence-electron chi connectivity index (χ0n) is 9.40. The molecular formula is C9H16N6S. The van der Waals surface area contributed by atoms with E-state index in [2.05, 4.69) is 10.1 Å². The third kappa shape index (κ3) is 3.58. The van der Waals surface area contributed by atoms with Gasteiger partial charge in [-0.05, 0) is 19.9 Å². The SMILES string of the molecule is CCn1nc(C)cc1CSC(=N)N=C(N)N. The summed E-state index contributed by atoms with van der Waals surface area (Å²) in [7, 11) is 0. The number of hydrogen-bond donors (Lipinski definition) is 3. The molecule has 0 bridgehead atoms. The fourth-order valence-electron chi connectivity index (χ4n) is 1.28. The van der Waals surface area contributed by atoms with Crippen LogP contribution in [0.4, 0.5) is 0 Å². The molecule has 0 aromatic carbocycles. The zero-order chi connectivity index (χ0) is 12.1. The summed E-state index contributed by atoms with van der Waals surface area (Å²) in [6.45, 7) is 4.79. The van der Waals surface area contributed by atoms with Gasteiger partial charge in [0.2, 0.25) is 0 Å². The van der Waals surface area contributed by atoms with Crippen molar-refractivity contribution in [3.05, 3.63) is 17.5 Å². The molecule has 7 heteroatoms. The maximum absolute atomic E-state index is 7.49. The van der Waals surface area contributed by atoms with Gasteiger partial charge >= 0.3 is 0 Å². The smallest absolute Gasteiger partial charge is 0.193 e. The van der Waals surface area contributed by atoms with Crippen LogP contribution < -0.4 is 11.5 Å². The Balaban J connectivity index is 2.60. The van der Waals surface area contributed by atoms with Gasteiger partial charge in [-0.3, -0.25) is 10.1 Å². The number of aryl methyl sites for hydroxylation is 2. The van der Waals surface area contributed by atoms with E-state index in [0.29, 0.717) is 5.75 Å². The van der Waals surface area contributed by atoms with Crippen molar-refractivity contribution < 1.29 is 0 Å². The van der Waals surface area contributed by atoms with Crippen molar-refractivity contribution in [1.29, 1.82) is 5.41 Å². The topological polar surface area (TPSA) is 106 Å². The largest absolute Gasteiger partial charge is 0.370 e. The first kappa shape index (κ1) is 12.6. The average molecular weight is 240 g/mol. The fourth-order valence-corrected chi connectivity index (χ4v) is 1.97. The summed E-state index contributed by atoms with van der Waals surface area (Å²) in [5.74, 6) is 0.558. The summed E-state index contributed by atoms with van der Waals surface area (Å²) in [4.78, 5) is 3.64. The van der Waals surface area contributed by atoms with Crippen LogP contribution in [0.25, 0.3) is 0 Å². The molecule has 1 heterocycles. The van der Waals surface area contributed by atoms with Crippen molar-refractivity contribution >= 4 is 22.9 Å². The van der Waals surface area contributed by atoms with E-state index >= 15 is 0 Å². The highest BCUT2D eigenvalue weighted by atomic mass is 32.2. The lowest BCUT2D eigenvalue weighted by molar-refractivity contribution is 0.632. The van der Waals surface area contributed by atoms with E-state index in [-0.39, 0.29) is 11.1 Å². The van der Waals surface area contributed by atoms with E-state index in [1.54, 1.807) is 0 Å². The van der Waals surface area contributed by atoms with Gasteiger partial charge < -0.3 is 11.5 Å². The summed E-state index contributed by atoms with van der Waals surface area (Å²) in [6.07, 6.45) is 0. The summed E-state index contributed by atoms with van der Waals surface area (Å²) in [6, 6.07) is 2.00. The van der Waals surface area contributed by atoms with Crippen molar-refractivity contribution in [3.63, 3.8) is 0 Å². The molecule has 1 rings (SSSR count). The Labute approximate surface area is 98.6 Å². The van der Waals surface area contributed by atoms with Gasteiger partial charge in [0.25, 0.3) is 0 Å². The van der Waals surface area contributed by atoms with E-state index in [0.717, 1.165) is 17.9 Å². The lowest BCUT2D eigenvalue weighted by Gasteiger charge is -2.03. The molecule has 1 aromatic rings. The van der Waals surface area contributed by atoms with Crippen LogP contribution in [-0.2, 0) is 12.3 Å². The molecule has 5 N–H and O–H groups in total. The molecule has 0 atom stereocenters. The van der Waals surface area contributed by atoms with Gasteiger partial charge in [0.05, 0.1) is 5.69 Å². The molecule has 0 aliphatic carbocycles. The van der Waals surface area contributed by atoms with Crippen LogP contribution in [-0.4, -0.2) is 20.9 Å². The predicted octanol–water partition coefficient (Wildman–Crippen LogP) is 0.653. The monoisotopic (exact) mass is 240 g/mol. The first-order valence-corrected chi connectivity index (χ1v) is 5.85. The molecule has 0 spiro atoms. The zero-order valence-corrected chi connectivity index (χ0v) is 10.2. The minimum atomic E-state index is -0.0855. The second-order valence-corrected chi connectivity index (χ2v) is 4.19. The number of rotatable bonds is 3. The van der Waals surface area contributed by atoms with Crippen molar-refractivity contribution in [1.82, 2.24) is 9.78 Å². The maximum atomic E-state index is 7.49. The number of thioether (sulfide) groups is 1. The Hall–Kier alpha value is -1.50. The van der Waals surface area contributed by atoms with Gasteiger partial charge in [0.15, 0.2) is 11.1 Å². The van der Waals surface area contributed by atoms with Gasteiger partial charge in [-0.2, -0.15) is 10.1 Å². The molecule has 1 aromatic heterocycles. The molecule has 0 aliphatic rings. The van der Waals surface area contributed by atoms with Gasteiger partial charge in [-0.25, -0.2) is 0 Å². The lowest BCUT2D eigenvalue weighted by atomic mass is 10.4. The number of guanidine groups is 1. The molecule has 0 aliphatic heterocycles. The third-order valence-corrected chi connectivity index (χ3v) is 2.68. The van der Waals surface area contributed by atoms with Crippen molar-refractivity contribution in [2.24, 2.45) is 16.5 Å². The van der Waals surface area contributed by atoms with Gasteiger partial charge in [-0.1, -0.05) is 11.8 Å². The first-order chi connectivity index (χ1) is 7.52. The van der Waals surface area contributed by atoms with E-state index in [1.165, 1.54) is 11.8 Å². The molecule has 0 saturated heterocycles. The first-order valence-electron chi connectivity index (χ1n) is 4.87. The Morgan fingerprint density at radius 2 is 2.31 bits per heavy atom. The number of hydrogen-bond acceptors (Lipinski definition) is 3. The second kappa shape index (κ2) is 5.55. The standard InChI is InChI=1S/C9H16N6S/c1-3-15-7(4-6(2)14-15)5-16-9(12)13-8(10)11/h4H,3,5H2,1-2H3,(H5,10,11,12,13). The Morgan fingerprint density at radius 1 is 1.62 bits per heavy atom. The van der Waals surface area contributed by atoms with E-state index in [9.17, 15) is 0 Å². The molecule has 0 radical (unpaired) electrons. The van der Waals surface area contributed by atoms with E-state index in [1.807, 2.05) is 24.6 Å². The number of nitrogens with one attached hydrogen (secondary N) is 1. The van der Waals surface area contributed by atoms with Crippen LogP contribution >= 0.6 is 11.8 Å². The normalized spacial score (nSPS) is 10.1. The summed E-state index contributed by atoms with van der Waals surface area (Å²) < 4.78 is 1.91. The van der Waals surface area contributed by atoms with Crippen LogP contribution in [0.3, 0.4) is 0 Å². The molecule has 0 amide bonds. The van der Waals surface area contributed by atoms with E-state index in [4.69, 9.17) is 16.9 Å². The summed E-state index contributed by atoms with van der Waals surface area (Å²) in [5, 5.41) is 11.9. The molecule has 0 saturated carbocycles. The van der Waals surface area contributed by atoms with Crippen LogP contribution in [0.2, 0.25) is 0 Å². The Morgan fingerprint density at radius 3 is 2.88 bits per heavy atom.